The van der Waals surface area contributed by atoms with E-state index < -0.39 is 0 Å². The number of amides is 1. The summed E-state index contributed by atoms with van der Waals surface area (Å²) in [5, 5.41) is 4.24. The Kier molecular flexibility index (Phi) is 4.71. The molecule has 118 valence electrons. The number of nitrogens with zero attached hydrogens (tertiary/aromatic N) is 1. The van der Waals surface area contributed by atoms with Crippen LogP contribution in [0.3, 0.4) is 0 Å². The smallest absolute Gasteiger partial charge is 0.277 e. The number of nitrogens with one attached hydrogen (secondary N) is 1. The molecular weight excluding hydrogens is 288 g/mol. The molecule has 2 aromatic rings. The highest BCUT2D eigenvalue weighted by atomic mass is 16.5. The van der Waals surface area contributed by atoms with Gasteiger partial charge in [-0.05, 0) is 42.5 Å². The Hall–Kier alpha value is -2.62. The van der Waals surface area contributed by atoms with Crippen molar-refractivity contribution in [3.05, 3.63) is 65.2 Å². The molecule has 1 N–H and O–H groups in total. The first-order chi connectivity index (χ1) is 11.3. The highest BCUT2D eigenvalue weighted by Gasteiger charge is 2.17. The molecule has 0 atom stereocenters. The molecule has 4 heteroatoms. The number of hydrogen-bond acceptors (Lipinski definition) is 3. The Morgan fingerprint density at radius 3 is 2.70 bits per heavy atom. The normalized spacial score (nSPS) is 14.6. The molecule has 4 nitrogen and oxygen atoms in total. The van der Waals surface area contributed by atoms with Crippen LogP contribution in [0.1, 0.15) is 30.0 Å². The van der Waals surface area contributed by atoms with E-state index in [-0.39, 0.29) is 12.5 Å². The zero-order chi connectivity index (χ0) is 16.1. The van der Waals surface area contributed by atoms with Crippen molar-refractivity contribution in [2.24, 2.45) is 5.10 Å². The standard InChI is InChI=1S/C19H20N2O2/c1-2-14-7-10-16(11-8-14)23-13-19(22)21-20-18-12-9-15-5-3-4-6-17(15)18/h3-8,10-11H,2,9,12-13H2,1H3,(H,21,22)/b20-18+. The minimum absolute atomic E-state index is 0.0378. The third kappa shape index (κ3) is 3.77. The molecule has 0 unspecified atom stereocenters. The quantitative estimate of drug-likeness (QED) is 0.863. The lowest BCUT2D eigenvalue weighted by Gasteiger charge is -2.06. The zero-order valence-electron chi connectivity index (χ0n) is 13.2. The summed E-state index contributed by atoms with van der Waals surface area (Å²) >= 11 is 0. The molecule has 0 radical (unpaired) electrons. The van der Waals surface area contributed by atoms with Crippen LogP contribution in [0.25, 0.3) is 0 Å². The van der Waals surface area contributed by atoms with Crippen LogP contribution in [0.2, 0.25) is 0 Å². The second-order valence-corrected chi connectivity index (χ2v) is 5.54. The van der Waals surface area contributed by atoms with Gasteiger partial charge in [-0.15, -0.1) is 0 Å². The Labute approximate surface area is 136 Å². The van der Waals surface area contributed by atoms with Crippen molar-refractivity contribution in [3.63, 3.8) is 0 Å². The van der Waals surface area contributed by atoms with Gasteiger partial charge >= 0.3 is 0 Å². The predicted molar refractivity (Wildman–Crippen MR) is 90.8 cm³/mol. The first-order valence-corrected chi connectivity index (χ1v) is 7.91. The second-order valence-electron chi connectivity index (χ2n) is 5.54. The van der Waals surface area contributed by atoms with E-state index >= 15 is 0 Å². The largest absolute Gasteiger partial charge is 0.484 e. The minimum atomic E-state index is -0.249. The Morgan fingerprint density at radius 1 is 1.13 bits per heavy atom. The molecule has 1 aliphatic rings. The molecule has 0 heterocycles. The molecule has 1 aliphatic carbocycles. The van der Waals surface area contributed by atoms with Crippen molar-refractivity contribution in [2.45, 2.75) is 26.2 Å². The summed E-state index contributed by atoms with van der Waals surface area (Å²) in [6.07, 6.45) is 2.82. The van der Waals surface area contributed by atoms with E-state index in [0.29, 0.717) is 5.75 Å². The average molecular weight is 308 g/mol. The van der Waals surface area contributed by atoms with Gasteiger partial charge in [-0.2, -0.15) is 5.10 Å². The van der Waals surface area contributed by atoms with Crippen molar-refractivity contribution >= 4 is 11.6 Å². The topological polar surface area (TPSA) is 50.7 Å². The van der Waals surface area contributed by atoms with Crippen molar-refractivity contribution in [1.29, 1.82) is 0 Å². The Morgan fingerprint density at radius 2 is 1.91 bits per heavy atom. The summed E-state index contributed by atoms with van der Waals surface area (Å²) in [6.45, 7) is 2.06. The van der Waals surface area contributed by atoms with Crippen LogP contribution < -0.4 is 10.2 Å². The number of aryl methyl sites for hydroxylation is 2. The molecule has 0 saturated carbocycles. The third-order valence-corrected chi connectivity index (χ3v) is 3.98. The van der Waals surface area contributed by atoms with Crippen LogP contribution >= 0.6 is 0 Å². The highest BCUT2D eigenvalue weighted by Crippen LogP contribution is 2.21. The SMILES string of the molecule is CCc1ccc(OCC(=O)N/N=C2\CCc3ccccc32)cc1. The number of hydrazone groups is 1. The summed E-state index contributed by atoms with van der Waals surface area (Å²) in [4.78, 5) is 11.9. The van der Waals surface area contributed by atoms with Crippen LogP contribution in [-0.4, -0.2) is 18.2 Å². The number of fused-ring (bicyclic) bond motifs is 1. The lowest BCUT2D eigenvalue weighted by atomic mass is 10.1. The van der Waals surface area contributed by atoms with Crippen LogP contribution in [-0.2, 0) is 17.6 Å². The van der Waals surface area contributed by atoms with Gasteiger partial charge in [0, 0.05) is 5.56 Å². The van der Waals surface area contributed by atoms with Crippen molar-refractivity contribution in [1.82, 2.24) is 5.43 Å². The van der Waals surface area contributed by atoms with E-state index in [1.807, 2.05) is 42.5 Å². The average Bonchev–Trinajstić information content (AvgIpc) is 3.02. The van der Waals surface area contributed by atoms with Crippen LogP contribution in [0.4, 0.5) is 0 Å². The lowest BCUT2D eigenvalue weighted by molar-refractivity contribution is -0.123. The highest BCUT2D eigenvalue weighted by molar-refractivity contribution is 6.04. The number of ether oxygens (including phenoxy) is 1. The number of benzene rings is 2. The van der Waals surface area contributed by atoms with E-state index in [0.717, 1.165) is 30.5 Å². The van der Waals surface area contributed by atoms with Gasteiger partial charge in [0.2, 0.25) is 0 Å². The first kappa shape index (κ1) is 15.3. The van der Waals surface area contributed by atoms with Crippen LogP contribution in [0.15, 0.2) is 53.6 Å². The van der Waals surface area contributed by atoms with E-state index in [1.165, 1.54) is 11.1 Å². The maximum absolute atomic E-state index is 11.9. The number of carbonyl (C=O) groups excluding carboxylic acids is 1. The van der Waals surface area contributed by atoms with Gasteiger partial charge in [0.25, 0.3) is 5.91 Å². The molecule has 0 bridgehead atoms. The first-order valence-electron chi connectivity index (χ1n) is 7.91. The van der Waals surface area contributed by atoms with Gasteiger partial charge < -0.3 is 4.74 Å². The van der Waals surface area contributed by atoms with Crippen molar-refractivity contribution < 1.29 is 9.53 Å². The van der Waals surface area contributed by atoms with Crippen LogP contribution in [0, 0.1) is 0 Å². The Balaban J connectivity index is 1.53. The van der Waals surface area contributed by atoms with Gasteiger partial charge in [0.1, 0.15) is 5.75 Å². The minimum Gasteiger partial charge on any atom is -0.484 e. The molecule has 23 heavy (non-hydrogen) atoms. The molecule has 0 fully saturated rings. The van der Waals surface area contributed by atoms with E-state index in [1.54, 1.807) is 0 Å². The van der Waals surface area contributed by atoms with Gasteiger partial charge in [-0.25, -0.2) is 5.43 Å². The fourth-order valence-corrected chi connectivity index (χ4v) is 2.66. The maximum atomic E-state index is 11.9. The summed E-state index contributed by atoms with van der Waals surface area (Å²) < 4.78 is 5.47. The number of carbonyl (C=O) groups is 1. The van der Waals surface area contributed by atoms with E-state index in [4.69, 9.17) is 4.74 Å². The van der Waals surface area contributed by atoms with Gasteiger partial charge in [0.05, 0.1) is 5.71 Å². The van der Waals surface area contributed by atoms with Gasteiger partial charge in [-0.3, -0.25) is 4.79 Å². The third-order valence-electron chi connectivity index (χ3n) is 3.98. The maximum Gasteiger partial charge on any atom is 0.277 e. The molecule has 2 aromatic carbocycles. The zero-order valence-corrected chi connectivity index (χ0v) is 13.2. The van der Waals surface area contributed by atoms with Gasteiger partial charge in [-0.1, -0.05) is 43.3 Å². The summed E-state index contributed by atoms with van der Waals surface area (Å²) in [6, 6.07) is 15.9. The van der Waals surface area contributed by atoms with Crippen molar-refractivity contribution in [2.75, 3.05) is 6.61 Å². The Bertz CT molecular complexity index is 720. The van der Waals surface area contributed by atoms with E-state index in [2.05, 4.69) is 23.5 Å². The second kappa shape index (κ2) is 7.09. The number of rotatable bonds is 5. The molecule has 0 aliphatic heterocycles. The molecule has 3 rings (SSSR count). The molecule has 0 aromatic heterocycles. The molecular formula is C19H20N2O2. The van der Waals surface area contributed by atoms with Gasteiger partial charge in [0.15, 0.2) is 6.61 Å². The fourth-order valence-electron chi connectivity index (χ4n) is 2.66. The van der Waals surface area contributed by atoms with Crippen LogP contribution in [0.5, 0.6) is 5.75 Å². The summed E-state index contributed by atoms with van der Waals surface area (Å²) in [7, 11) is 0. The van der Waals surface area contributed by atoms with Crippen molar-refractivity contribution in [3.8, 4) is 5.75 Å². The molecule has 1 amide bonds. The molecule has 0 saturated heterocycles. The van der Waals surface area contributed by atoms with E-state index in [9.17, 15) is 4.79 Å². The lowest BCUT2D eigenvalue weighted by Crippen LogP contribution is -2.25. The number of hydrogen-bond donors (Lipinski definition) is 1. The monoisotopic (exact) mass is 308 g/mol. The summed E-state index contributed by atoms with van der Waals surface area (Å²) in [5.41, 5.74) is 7.17. The summed E-state index contributed by atoms with van der Waals surface area (Å²) in [5.74, 6) is 0.442. The fraction of sp³-hybridized carbons (Fsp3) is 0.263. The predicted octanol–water partition coefficient (Wildman–Crippen LogP) is 3.09. The molecule has 0 spiro atoms.